The molecule has 0 atom stereocenters. The van der Waals surface area contributed by atoms with Gasteiger partial charge >= 0.3 is 0 Å². The van der Waals surface area contributed by atoms with Crippen molar-refractivity contribution in [3.05, 3.63) is 0 Å². The van der Waals surface area contributed by atoms with E-state index in [1.54, 1.807) is 20.8 Å². The van der Waals surface area contributed by atoms with Crippen molar-refractivity contribution in [2.24, 2.45) is 5.73 Å². The Labute approximate surface area is 68.2 Å². The number of sulfonamides is 1. The second-order valence-electron chi connectivity index (χ2n) is 3.46. The van der Waals surface area contributed by atoms with Crippen molar-refractivity contribution in [1.29, 1.82) is 0 Å². The third-order valence-corrected chi connectivity index (χ3v) is 2.54. The molecule has 4 nitrogen and oxygen atoms in total. The number of nitrogens with two attached hydrogens (primary N) is 1. The minimum Gasteiger partial charge on any atom is -0.329 e. The molecule has 11 heavy (non-hydrogen) atoms. The monoisotopic (exact) mass is 180 g/mol. The standard InChI is InChI=1S/C6H16N2O2S/c1-6(2,3)8-11(9,10)5-4-7/h8H,4-5,7H2,1-3H3. The van der Waals surface area contributed by atoms with Gasteiger partial charge in [-0.15, -0.1) is 0 Å². The summed E-state index contributed by atoms with van der Waals surface area (Å²) in [6.45, 7) is 5.54. The lowest BCUT2D eigenvalue weighted by Crippen LogP contribution is -2.42. The highest BCUT2D eigenvalue weighted by molar-refractivity contribution is 7.89. The average molecular weight is 180 g/mol. The maximum absolute atomic E-state index is 11.1. The van der Waals surface area contributed by atoms with Gasteiger partial charge < -0.3 is 5.73 Å². The van der Waals surface area contributed by atoms with E-state index in [1.165, 1.54) is 0 Å². The van der Waals surface area contributed by atoms with Gasteiger partial charge in [0.05, 0.1) is 5.75 Å². The summed E-state index contributed by atoms with van der Waals surface area (Å²) < 4.78 is 24.6. The first-order valence-electron chi connectivity index (χ1n) is 3.48. The van der Waals surface area contributed by atoms with E-state index in [1.807, 2.05) is 0 Å². The number of hydrogen-bond donors (Lipinski definition) is 2. The van der Waals surface area contributed by atoms with Crippen LogP contribution in [0.2, 0.25) is 0 Å². The average Bonchev–Trinajstić information content (AvgIpc) is 1.55. The highest BCUT2D eigenvalue weighted by atomic mass is 32.2. The van der Waals surface area contributed by atoms with Crippen LogP contribution < -0.4 is 10.5 Å². The summed E-state index contributed by atoms with van der Waals surface area (Å²) in [7, 11) is -3.16. The summed E-state index contributed by atoms with van der Waals surface area (Å²) in [5.74, 6) is -0.00965. The topological polar surface area (TPSA) is 72.2 Å². The van der Waals surface area contributed by atoms with Gasteiger partial charge in [-0.25, -0.2) is 13.1 Å². The van der Waals surface area contributed by atoms with E-state index < -0.39 is 15.6 Å². The van der Waals surface area contributed by atoms with E-state index in [9.17, 15) is 8.42 Å². The highest BCUT2D eigenvalue weighted by Crippen LogP contribution is 2.01. The lowest BCUT2D eigenvalue weighted by Gasteiger charge is -2.19. The third kappa shape index (κ3) is 6.28. The Morgan fingerprint density at radius 1 is 1.36 bits per heavy atom. The summed E-state index contributed by atoms with van der Waals surface area (Å²) in [4.78, 5) is 0. The van der Waals surface area contributed by atoms with Crippen molar-refractivity contribution in [2.75, 3.05) is 12.3 Å². The molecule has 0 aliphatic carbocycles. The molecule has 0 aliphatic heterocycles. The maximum Gasteiger partial charge on any atom is 0.213 e. The Morgan fingerprint density at radius 3 is 2.09 bits per heavy atom. The second kappa shape index (κ2) is 3.51. The molecule has 0 aromatic rings. The summed E-state index contributed by atoms with van der Waals surface area (Å²) in [6.07, 6.45) is 0. The number of nitrogens with one attached hydrogen (secondary N) is 1. The van der Waals surface area contributed by atoms with Crippen LogP contribution in [0.3, 0.4) is 0 Å². The van der Waals surface area contributed by atoms with Gasteiger partial charge in [0, 0.05) is 12.1 Å². The molecule has 0 aromatic carbocycles. The van der Waals surface area contributed by atoms with Crippen LogP contribution in [0.25, 0.3) is 0 Å². The van der Waals surface area contributed by atoms with Crippen molar-refractivity contribution in [3.63, 3.8) is 0 Å². The summed E-state index contributed by atoms with van der Waals surface area (Å²) >= 11 is 0. The van der Waals surface area contributed by atoms with Crippen molar-refractivity contribution in [1.82, 2.24) is 4.72 Å². The molecule has 0 amide bonds. The molecule has 0 aliphatic rings. The van der Waals surface area contributed by atoms with Crippen LogP contribution in [-0.2, 0) is 10.0 Å². The predicted molar refractivity (Wildman–Crippen MR) is 45.7 cm³/mol. The fraction of sp³-hybridized carbons (Fsp3) is 1.00. The molecule has 3 N–H and O–H groups in total. The fourth-order valence-electron chi connectivity index (χ4n) is 0.673. The Hall–Kier alpha value is -0.130. The van der Waals surface area contributed by atoms with Crippen LogP contribution >= 0.6 is 0 Å². The van der Waals surface area contributed by atoms with Gasteiger partial charge in [-0.05, 0) is 20.8 Å². The van der Waals surface area contributed by atoms with Gasteiger partial charge in [0.2, 0.25) is 10.0 Å². The Kier molecular flexibility index (Phi) is 3.47. The smallest absolute Gasteiger partial charge is 0.213 e. The first-order chi connectivity index (χ1) is 4.77. The van der Waals surface area contributed by atoms with Crippen LogP contribution in [0.1, 0.15) is 20.8 Å². The van der Waals surface area contributed by atoms with E-state index in [0.29, 0.717) is 0 Å². The van der Waals surface area contributed by atoms with Crippen molar-refractivity contribution < 1.29 is 8.42 Å². The zero-order valence-electron chi connectivity index (χ0n) is 7.22. The Morgan fingerprint density at radius 2 is 1.82 bits per heavy atom. The highest BCUT2D eigenvalue weighted by Gasteiger charge is 2.18. The normalized spacial score (nSPS) is 13.5. The van der Waals surface area contributed by atoms with Gasteiger partial charge in [-0.3, -0.25) is 0 Å². The molecule has 0 heterocycles. The number of rotatable bonds is 3. The zero-order chi connectivity index (χ0) is 9.12. The first-order valence-corrected chi connectivity index (χ1v) is 5.14. The van der Waals surface area contributed by atoms with E-state index >= 15 is 0 Å². The quantitative estimate of drug-likeness (QED) is 0.624. The molecule has 0 saturated heterocycles. The molecule has 0 spiro atoms. The Balaban J connectivity index is 4.15. The lowest BCUT2D eigenvalue weighted by atomic mass is 10.1. The molecule has 0 bridgehead atoms. The van der Waals surface area contributed by atoms with Crippen LogP contribution in [0, 0.1) is 0 Å². The zero-order valence-corrected chi connectivity index (χ0v) is 8.03. The van der Waals surface area contributed by atoms with Crippen molar-refractivity contribution in [3.8, 4) is 0 Å². The molecule has 0 fully saturated rings. The van der Waals surface area contributed by atoms with Gasteiger partial charge in [-0.1, -0.05) is 0 Å². The molecule has 0 aromatic heterocycles. The van der Waals surface area contributed by atoms with Crippen LogP contribution in [0.5, 0.6) is 0 Å². The summed E-state index contributed by atoms with van der Waals surface area (Å²) in [6, 6.07) is 0. The minimum absolute atomic E-state index is 0.00965. The van der Waals surface area contributed by atoms with Gasteiger partial charge in [-0.2, -0.15) is 0 Å². The lowest BCUT2D eigenvalue weighted by molar-refractivity contribution is 0.491. The third-order valence-electron chi connectivity index (χ3n) is 0.848. The van der Waals surface area contributed by atoms with Crippen molar-refractivity contribution in [2.45, 2.75) is 26.3 Å². The van der Waals surface area contributed by atoms with E-state index in [-0.39, 0.29) is 12.3 Å². The van der Waals surface area contributed by atoms with E-state index in [4.69, 9.17) is 5.73 Å². The molecule has 0 saturated carbocycles. The van der Waals surface area contributed by atoms with E-state index in [2.05, 4.69) is 4.72 Å². The molecule has 0 radical (unpaired) electrons. The molecule has 5 heteroatoms. The summed E-state index contributed by atoms with van der Waals surface area (Å²) in [5, 5.41) is 0. The molecule has 0 rings (SSSR count). The fourth-order valence-corrected chi connectivity index (χ4v) is 2.02. The number of hydrogen-bond acceptors (Lipinski definition) is 3. The Bertz CT molecular complexity index is 203. The molecular weight excluding hydrogens is 164 g/mol. The summed E-state index contributed by atoms with van der Waals surface area (Å²) in [5.41, 5.74) is 4.71. The molecule has 68 valence electrons. The largest absolute Gasteiger partial charge is 0.329 e. The predicted octanol–water partition coefficient (Wildman–Crippen LogP) is -0.337. The first kappa shape index (κ1) is 10.9. The van der Waals surface area contributed by atoms with Crippen LogP contribution in [0.15, 0.2) is 0 Å². The van der Waals surface area contributed by atoms with Gasteiger partial charge in [0.15, 0.2) is 0 Å². The molecular formula is C6H16N2O2S. The second-order valence-corrected chi connectivity index (χ2v) is 5.30. The van der Waals surface area contributed by atoms with Crippen molar-refractivity contribution >= 4 is 10.0 Å². The van der Waals surface area contributed by atoms with Gasteiger partial charge in [0.25, 0.3) is 0 Å². The minimum atomic E-state index is -3.16. The molecule has 0 unspecified atom stereocenters. The SMILES string of the molecule is CC(C)(C)NS(=O)(=O)CCN. The van der Waals surface area contributed by atoms with Crippen LogP contribution in [0.4, 0.5) is 0 Å². The maximum atomic E-state index is 11.1. The van der Waals surface area contributed by atoms with Gasteiger partial charge in [0.1, 0.15) is 0 Å². The van der Waals surface area contributed by atoms with Crippen LogP contribution in [-0.4, -0.2) is 26.3 Å². The van der Waals surface area contributed by atoms with E-state index in [0.717, 1.165) is 0 Å².